The second-order valence-corrected chi connectivity index (χ2v) is 3.32. The Kier molecular flexibility index (Phi) is 2.76. The van der Waals surface area contributed by atoms with Crippen molar-refractivity contribution in [2.45, 2.75) is 6.42 Å². The highest BCUT2D eigenvalue weighted by molar-refractivity contribution is 5.88. The van der Waals surface area contributed by atoms with Crippen molar-refractivity contribution in [2.75, 3.05) is 25.2 Å². The molecule has 1 aliphatic heterocycles. The minimum atomic E-state index is -0.272. The van der Waals surface area contributed by atoms with Crippen molar-refractivity contribution in [3.8, 4) is 5.75 Å². The van der Waals surface area contributed by atoms with Gasteiger partial charge in [0.2, 0.25) is 0 Å². The van der Waals surface area contributed by atoms with Crippen LogP contribution < -0.4 is 9.64 Å². The van der Waals surface area contributed by atoms with Gasteiger partial charge in [-0.25, -0.2) is 4.79 Å². The number of hydrogen-bond acceptors (Lipinski definition) is 3. The van der Waals surface area contributed by atoms with Crippen LogP contribution in [0.5, 0.6) is 5.75 Å². The van der Waals surface area contributed by atoms with E-state index in [1.54, 1.807) is 12.0 Å². The van der Waals surface area contributed by atoms with Crippen LogP contribution in [0, 0.1) is 0 Å². The van der Waals surface area contributed by atoms with Crippen molar-refractivity contribution < 1.29 is 14.3 Å². The molecule has 0 bridgehead atoms. The molecule has 0 aliphatic carbocycles. The van der Waals surface area contributed by atoms with Gasteiger partial charge in [-0.05, 0) is 30.7 Å². The first-order valence-corrected chi connectivity index (χ1v) is 4.89. The molecule has 1 aliphatic rings. The largest absolute Gasteiger partial charge is 0.497 e. The molecule has 1 saturated heterocycles. The number of ether oxygens (including phenoxy) is 2. The number of benzene rings is 1. The molecule has 0 spiro atoms. The third kappa shape index (κ3) is 2.03. The highest BCUT2D eigenvalue weighted by atomic mass is 16.6. The van der Waals surface area contributed by atoms with Gasteiger partial charge < -0.3 is 9.47 Å². The fourth-order valence-electron chi connectivity index (χ4n) is 1.55. The van der Waals surface area contributed by atoms with Gasteiger partial charge in [0.05, 0.1) is 13.7 Å². The Balaban J connectivity index is 2.17. The van der Waals surface area contributed by atoms with Crippen LogP contribution in [-0.4, -0.2) is 26.4 Å². The lowest BCUT2D eigenvalue weighted by Crippen LogP contribution is -2.37. The highest BCUT2D eigenvalue weighted by Gasteiger charge is 2.20. The summed E-state index contributed by atoms with van der Waals surface area (Å²) in [6.45, 7) is 1.23. The molecule has 0 radical (unpaired) electrons. The molecule has 0 atom stereocenters. The minimum absolute atomic E-state index is 0.272. The Hall–Kier alpha value is -1.71. The summed E-state index contributed by atoms with van der Waals surface area (Å²) in [5.41, 5.74) is 0.848. The van der Waals surface area contributed by atoms with Crippen molar-refractivity contribution in [1.29, 1.82) is 0 Å². The number of anilines is 1. The lowest BCUT2D eigenvalue weighted by atomic mass is 10.2. The SMILES string of the molecule is COc1ccc(N2CCCOC2=O)cc1. The van der Waals surface area contributed by atoms with E-state index in [9.17, 15) is 4.79 Å². The molecule has 15 heavy (non-hydrogen) atoms. The molecule has 0 N–H and O–H groups in total. The summed E-state index contributed by atoms with van der Waals surface area (Å²) in [5.74, 6) is 0.782. The molecule has 2 rings (SSSR count). The summed E-state index contributed by atoms with van der Waals surface area (Å²) in [6.07, 6.45) is 0.601. The van der Waals surface area contributed by atoms with E-state index < -0.39 is 0 Å². The molecular formula is C11H13NO3. The second-order valence-electron chi connectivity index (χ2n) is 3.32. The maximum Gasteiger partial charge on any atom is 0.414 e. The van der Waals surface area contributed by atoms with E-state index in [2.05, 4.69) is 0 Å². The summed E-state index contributed by atoms with van der Waals surface area (Å²) in [6, 6.07) is 7.37. The molecule has 0 saturated carbocycles. The number of rotatable bonds is 2. The smallest absolute Gasteiger partial charge is 0.414 e. The Labute approximate surface area is 88.4 Å². The number of carbonyl (C=O) groups is 1. The van der Waals surface area contributed by atoms with Gasteiger partial charge in [-0.3, -0.25) is 4.90 Å². The van der Waals surface area contributed by atoms with Crippen LogP contribution in [0.2, 0.25) is 0 Å². The van der Waals surface area contributed by atoms with Crippen LogP contribution in [0.25, 0.3) is 0 Å². The lowest BCUT2D eigenvalue weighted by Gasteiger charge is -2.26. The average molecular weight is 207 g/mol. The van der Waals surface area contributed by atoms with Crippen molar-refractivity contribution in [1.82, 2.24) is 0 Å². The number of hydrogen-bond donors (Lipinski definition) is 0. The number of carbonyl (C=O) groups excluding carboxylic acids is 1. The van der Waals surface area contributed by atoms with Gasteiger partial charge in [-0.15, -0.1) is 0 Å². The molecule has 1 aromatic rings. The summed E-state index contributed by atoms with van der Waals surface area (Å²) >= 11 is 0. The minimum Gasteiger partial charge on any atom is -0.497 e. The van der Waals surface area contributed by atoms with E-state index in [1.165, 1.54) is 0 Å². The normalized spacial score (nSPS) is 16.1. The van der Waals surface area contributed by atoms with E-state index in [-0.39, 0.29) is 6.09 Å². The van der Waals surface area contributed by atoms with Crippen LogP contribution in [0.15, 0.2) is 24.3 Å². The third-order valence-electron chi connectivity index (χ3n) is 2.36. The monoisotopic (exact) mass is 207 g/mol. The van der Waals surface area contributed by atoms with Gasteiger partial charge in [0.1, 0.15) is 5.75 Å². The predicted octanol–water partition coefficient (Wildman–Crippen LogP) is 2.04. The number of cyclic esters (lactones) is 1. The van der Waals surface area contributed by atoms with E-state index in [0.717, 1.165) is 17.9 Å². The standard InChI is InChI=1S/C11H13NO3/c1-14-10-5-3-9(4-6-10)12-7-2-8-15-11(12)13/h3-6H,2,7-8H2,1H3. The predicted molar refractivity (Wildman–Crippen MR) is 56.3 cm³/mol. The van der Waals surface area contributed by atoms with Crippen molar-refractivity contribution in [2.24, 2.45) is 0 Å². The zero-order valence-electron chi connectivity index (χ0n) is 8.60. The molecule has 4 heteroatoms. The first kappa shape index (κ1) is 9.83. The Morgan fingerprint density at radius 1 is 1.33 bits per heavy atom. The summed E-state index contributed by atoms with van der Waals surface area (Å²) in [5, 5.41) is 0. The Bertz CT molecular complexity index is 347. The van der Waals surface area contributed by atoms with Crippen LogP contribution in [0.1, 0.15) is 6.42 Å². The fraction of sp³-hybridized carbons (Fsp3) is 0.364. The average Bonchev–Trinajstić information content (AvgIpc) is 2.30. The zero-order valence-corrected chi connectivity index (χ0v) is 8.60. The Morgan fingerprint density at radius 2 is 2.07 bits per heavy atom. The zero-order chi connectivity index (χ0) is 10.7. The molecular weight excluding hydrogens is 194 g/mol. The quantitative estimate of drug-likeness (QED) is 0.744. The van der Waals surface area contributed by atoms with E-state index in [4.69, 9.17) is 9.47 Å². The van der Waals surface area contributed by atoms with Gasteiger partial charge >= 0.3 is 6.09 Å². The summed E-state index contributed by atoms with van der Waals surface area (Å²) < 4.78 is 10.0. The Morgan fingerprint density at radius 3 is 2.67 bits per heavy atom. The second kappa shape index (κ2) is 4.21. The first-order chi connectivity index (χ1) is 7.31. The molecule has 1 heterocycles. The van der Waals surface area contributed by atoms with Crippen molar-refractivity contribution in [3.05, 3.63) is 24.3 Å². The molecule has 1 amide bonds. The van der Waals surface area contributed by atoms with Crippen LogP contribution in [0.4, 0.5) is 10.5 Å². The number of amides is 1. The van der Waals surface area contributed by atoms with Gasteiger partial charge in [0, 0.05) is 12.2 Å². The van der Waals surface area contributed by atoms with E-state index >= 15 is 0 Å². The third-order valence-corrected chi connectivity index (χ3v) is 2.36. The molecule has 80 valence electrons. The maximum absolute atomic E-state index is 11.4. The first-order valence-electron chi connectivity index (χ1n) is 4.89. The number of methoxy groups -OCH3 is 1. The van der Waals surface area contributed by atoms with E-state index in [0.29, 0.717) is 13.2 Å². The highest BCUT2D eigenvalue weighted by Crippen LogP contribution is 2.21. The fourth-order valence-corrected chi connectivity index (χ4v) is 1.55. The topological polar surface area (TPSA) is 38.8 Å². The van der Waals surface area contributed by atoms with Gasteiger partial charge in [0.25, 0.3) is 0 Å². The van der Waals surface area contributed by atoms with Crippen molar-refractivity contribution in [3.63, 3.8) is 0 Å². The van der Waals surface area contributed by atoms with Gasteiger partial charge in [-0.2, -0.15) is 0 Å². The molecule has 0 unspecified atom stereocenters. The van der Waals surface area contributed by atoms with Gasteiger partial charge in [0.15, 0.2) is 0 Å². The summed E-state index contributed by atoms with van der Waals surface area (Å²) in [7, 11) is 1.62. The van der Waals surface area contributed by atoms with Crippen LogP contribution >= 0.6 is 0 Å². The molecule has 1 fully saturated rings. The van der Waals surface area contributed by atoms with Crippen LogP contribution in [0.3, 0.4) is 0 Å². The van der Waals surface area contributed by atoms with Crippen molar-refractivity contribution >= 4 is 11.8 Å². The summed E-state index contributed by atoms with van der Waals surface area (Å²) in [4.78, 5) is 13.0. The molecule has 4 nitrogen and oxygen atoms in total. The van der Waals surface area contributed by atoms with Crippen LogP contribution in [-0.2, 0) is 4.74 Å². The molecule has 0 aromatic heterocycles. The molecule has 1 aromatic carbocycles. The van der Waals surface area contributed by atoms with E-state index in [1.807, 2.05) is 24.3 Å². The maximum atomic E-state index is 11.4. The lowest BCUT2D eigenvalue weighted by molar-refractivity contribution is 0.140. The number of nitrogens with zero attached hydrogens (tertiary/aromatic N) is 1. The van der Waals surface area contributed by atoms with Gasteiger partial charge in [-0.1, -0.05) is 0 Å².